The van der Waals surface area contributed by atoms with E-state index in [0.29, 0.717) is 5.75 Å². The lowest BCUT2D eigenvalue weighted by Crippen LogP contribution is -2.11. The first-order valence-electron chi connectivity index (χ1n) is 6.04. The molecule has 0 radical (unpaired) electrons. The molecule has 5 nitrogen and oxygen atoms in total. The van der Waals surface area contributed by atoms with E-state index in [1.165, 1.54) is 0 Å². The lowest BCUT2D eigenvalue weighted by Gasteiger charge is -2.15. The second kappa shape index (κ2) is 5.91. The molecule has 98 valence electrons. The molecular weight excluding hydrogens is 240 g/mol. The van der Waals surface area contributed by atoms with Gasteiger partial charge in [0, 0.05) is 25.1 Å². The minimum atomic E-state index is 0.0659. The van der Waals surface area contributed by atoms with Crippen LogP contribution in [-0.4, -0.2) is 16.2 Å². The summed E-state index contributed by atoms with van der Waals surface area (Å²) in [5.74, 6) is 1.67. The molecule has 1 aromatic carbocycles. The Bertz CT molecular complexity index is 568. The first-order chi connectivity index (χ1) is 9.20. The highest BCUT2D eigenvalue weighted by molar-refractivity contribution is 5.47. The van der Waals surface area contributed by atoms with Gasteiger partial charge in [-0.1, -0.05) is 0 Å². The smallest absolute Gasteiger partial charge is 0.174 e. The van der Waals surface area contributed by atoms with Gasteiger partial charge in [-0.2, -0.15) is 5.26 Å². The van der Waals surface area contributed by atoms with Gasteiger partial charge in [0.25, 0.3) is 0 Å². The molecular formula is C14H16N4O. The summed E-state index contributed by atoms with van der Waals surface area (Å²) in [4.78, 5) is 4.31. The molecule has 2 rings (SSSR count). The number of nitrogens with zero attached hydrogens (tertiary/aromatic N) is 3. The maximum absolute atomic E-state index is 8.44. The number of hydrogen-bond donors (Lipinski definition) is 1. The topological polar surface area (TPSA) is 62.9 Å². The summed E-state index contributed by atoms with van der Waals surface area (Å²) in [6, 6.07) is 9.58. The number of nitriles is 1. The molecule has 0 fully saturated rings. The SMILES string of the molecule is CC(Nc1ccc(OCC#N)cc1)c1nccn1C. The van der Waals surface area contributed by atoms with Crippen LogP contribution in [0.5, 0.6) is 5.75 Å². The molecule has 0 amide bonds. The summed E-state index contributed by atoms with van der Waals surface area (Å²) in [6.07, 6.45) is 3.71. The highest BCUT2D eigenvalue weighted by Crippen LogP contribution is 2.20. The average Bonchev–Trinajstić information content (AvgIpc) is 2.84. The second-order valence-electron chi connectivity index (χ2n) is 4.23. The molecule has 0 bridgehead atoms. The molecule has 1 unspecified atom stereocenters. The van der Waals surface area contributed by atoms with E-state index in [4.69, 9.17) is 10.00 Å². The number of hydrogen-bond acceptors (Lipinski definition) is 4. The number of aryl methyl sites for hydroxylation is 1. The van der Waals surface area contributed by atoms with Gasteiger partial charge in [-0.3, -0.25) is 0 Å². The van der Waals surface area contributed by atoms with Gasteiger partial charge in [0.05, 0.1) is 6.04 Å². The Hall–Kier alpha value is -2.48. The van der Waals surface area contributed by atoms with Gasteiger partial charge >= 0.3 is 0 Å². The van der Waals surface area contributed by atoms with Crippen molar-refractivity contribution in [3.8, 4) is 11.8 Å². The maximum Gasteiger partial charge on any atom is 0.174 e. The molecule has 0 aliphatic heterocycles. The Morgan fingerprint density at radius 1 is 1.42 bits per heavy atom. The highest BCUT2D eigenvalue weighted by atomic mass is 16.5. The maximum atomic E-state index is 8.44. The van der Waals surface area contributed by atoms with Gasteiger partial charge in [-0.25, -0.2) is 4.98 Å². The van der Waals surface area contributed by atoms with Crippen LogP contribution in [-0.2, 0) is 7.05 Å². The molecule has 0 aliphatic carbocycles. The van der Waals surface area contributed by atoms with Crippen LogP contribution >= 0.6 is 0 Å². The predicted molar refractivity (Wildman–Crippen MR) is 72.8 cm³/mol. The van der Waals surface area contributed by atoms with Crippen LogP contribution in [0.1, 0.15) is 18.8 Å². The fourth-order valence-corrected chi connectivity index (χ4v) is 1.87. The van der Waals surface area contributed by atoms with Gasteiger partial charge < -0.3 is 14.6 Å². The molecule has 1 N–H and O–H groups in total. The molecule has 1 heterocycles. The van der Waals surface area contributed by atoms with Gasteiger partial charge in [0.15, 0.2) is 6.61 Å². The van der Waals surface area contributed by atoms with Crippen molar-refractivity contribution in [1.82, 2.24) is 9.55 Å². The van der Waals surface area contributed by atoms with Gasteiger partial charge in [0.2, 0.25) is 0 Å². The summed E-state index contributed by atoms with van der Waals surface area (Å²) in [7, 11) is 1.97. The lowest BCUT2D eigenvalue weighted by atomic mass is 10.2. The highest BCUT2D eigenvalue weighted by Gasteiger charge is 2.09. The largest absolute Gasteiger partial charge is 0.479 e. The van der Waals surface area contributed by atoms with E-state index in [9.17, 15) is 0 Å². The third-order valence-corrected chi connectivity index (χ3v) is 2.79. The van der Waals surface area contributed by atoms with Crippen LogP contribution in [0.2, 0.25) is 0 Å². The zero-order valence-corrected chi connectivity index (χ0v) is 11.0. The molecule has 0 aliphatic rings. The summed E-state index contributed by atoms with van der Waals surface area (Å²) in [5.41, 5.74) is 0.986. The Morgan fingerprint density at radius 3 is 2.74 bits per heavy atom. The van der Waals surface area contributed by atoms with Crippen molar-refractivity contribution in [3.63, 3.8) is 0 Å². The lowest BCUT2D eigenvalue weighted by molar-refractivity contribution is 0.368. The van der Waals surface area contributed by atoms with E-state index >= 15 is 0 Å². The van der Waals surface area contributed by atoms with Crippen LogP contribution in [0.3, 0.4) is 0 Å². The van der Waals surface area contributed by atoms with Crippen molar-refractivity contribution in [1.29, 1.82) is 5.26 Å². The molecule has 0 spiro atoms. The van der Waals surface area contributed by atoms with Crippen molar-refractivity contribution >= 4 is 5.69 Å². The summed E-state index contributed by atoms with van der Waals surface area (Å²) in [6.45, 7) is 2.12. The van der Waals surface area contributed by atoms with Gasteiger partial charge in [-0.15, -0.1) is 0 Å². The Kier molecular flexibility index (Phi) is 4.04. The van der Waals surface area contributed by atoms with E-state index in [-0.39, 0.29) is 12.6 Å². The normalized spacial score (nSPS) is 11.6. The molecule has 5 heteroatoms. The zero-order chi connectivity index (χ0) is 13.7. The fraction of sp³-hybridized carbons (Fsp3) is 0.286. The Labute approximate surface area is 112 Å². The molecule has 0 saturated heterocycles. The minimum absolute atomic E-state index is 0.0659. The summed E-state index contributed by atoms with van der Waals surface area (Å²) in [5, 5.41) is 11.8. The van der Waals surface area contributed by atoms with Gasteiger partial charge in [0.1, 0.15) is 17.6 Å². The number of anilines is 1. The van der Waals surface area contributed by atoms with Crippen molar-refractivity contribution in [2.45, 2.75) is 13.0 Å². The van der Waals surface area contributed by atoms with Gasteiger partial charge in [-0.05, 0) is 31.2 Å². The number of imidazole rings is 1. The monoisotopic (exact) mass is 256 g/mol. The first-order valence-corrected chi connectivity index (χ1v) is 6.04. The Morgan fingerprint density at radius 2 is 2.16 bits per heavy atom. The van der Waals surface area contributed by atoms with Crippen LogP contribution in [0.4, 0.5) is 5.69 Å². The second-order valence-corrected chi connectivity index (χ2v) is 4.23. The average molecular weight is 256 g/mol. The van der Waals surface area contributed by atoms with E-state index in [0.717, 1.165) is 11.5 Å². The van der Waals surface area contributed by atoms with Crippen LogP contribution in [0.25, 0.3) is 0 Å². The van der Waals surface area contributed by atoms with Crippen LogP contribution in [0, 0.1) is 11.3 Å². The molecule has 0 saturated carbocycles. The van der Waals surface area contributed by atoms with E-state index in [2.05, 4.69) is 17.2 Å². The first kappa shape index (κ1) is 13.0. The van der Waals surface area contributed by atoms with Crippen LogP contribution < -0.4 is 10.1 Å². The number of rotatable bonds is 5. The summed E-state index contributed by atoms with van der Waals surface area (Å²) < 4.78 is 7.19. The Balaban J connectivity index is 2.00. The zero-order valence-electron chi connectivity index (χ0n) is 11.0. The van der Waals surface area contributed by atoms with Crippen molar-refractivity contribution in [2.24, 2.45) is 7.05 Å². The molecule has 1 aromatic heterocycles. The summed E-state index contributed by atoms with van der Waals surface area (Å²) >= 11 is 0. The quantitative estimate of drug-likeness (QED) is 0.892. The third kappa shape index (κ3) is 3.26. The third-order valence-electron chi connectivity index (χ3n) is 2.79. The standard InChI is InChI=1S/C14H16N4O/c1-11(14-16-8-9-18(14)2)17-12-3-5-13(6-4-12)19-10-7-15/h3-6,8-9,11,17H,10H2,1-2H3. The molecule has 2 aromatic rings. The minimum Gasteiger partial charge on any atom is -0.479 e. The molecule has 19 heavy (non-hydrogen) atoms. The molecule has 1 atom stereocenters. The van der Waals surface area contributed by atoms with Crippen molar-refractivity contribution in [2.75, 3.05) is 11.9 Å². The fourth-order valence-electron chi connectivity index (χ4n) is 1.87. The number of ether oxygens (including phenoxy) is 1. The van der Waals surface area contributed by atoms with Crippen molar-refractivity contribution in [3.05, 3.63) is 42.5 Å². The number of benzene rings is 1. The number of aromatic nitrogens is 2. The van der Waals surface area contributed by atoms with E-state index < -0.39 is 0 Å². The number of nitrogens with one attached hydrogen (secondary N) is 1. The van der Waals surface area contributed by atoms with E-state index in [1.54, 1.807) is 6.20 Å². The predicted octanol–water partition coefficient (Wildman–Crippen LogP) is 2.50. The van der Waals surface area contributed by atoms with Crippen LogP contribution in [0.15, 0.2) is 36.7 Å². The van der Waals surface area contributed by atoms with E-state index in [1.807, 2.05) is 48.1 Å². The van der Waals surface area contributed by atoms with Crippen molar-refractivity contribution < 1.29 is 4.74 Å².